The van der Waals surface area contributed by atoms with Crippen molar-refractivity contribution in [2.45, 2.75) is 18.0 Å². The highest BCUT2D eigenvalue weighted by molar-refractivity contribution is 6.09. The molecule has 6 rings (SSSR count). The third-order valence-corrected chi connectivity index (χ3v) is 6.59. The largest absolute Gasteiger partial charge is 0.328 e. The van der Waals surface area contributed by atoms with Crippen LogP contribution in [0, 0.1) is 0 Å². The number of fused-ring (bicyclic) bond motifs is 4. The third-order valence-electron chi connectivity index (χ3n) is 6.59. The number of carbonyl (C=O) groups excluding carboxylic acids is 1. The van der Waals surface area contributed by atoms with E-state index in [0.717, 1.165) is 28.1 Å². The van der Waals surface area contributed by atoms with Gasteiger partial charge in [0, 0.05) is 23.4 Å². The van der Waals surface area contributed by atoms with Crippen molar-refractivity contribution in [3.05, 3.63) is 132 Å². The molecule has 2 aliphatic heterocycles. The van der Waals surface area contributed by atoms with Crippen LogP contribution in [0.4, 0.5) is 5.69 Å². The number of amides is 1. The molecule has 0 radical (unpaired) electrons. The van der Waals surface area contributed by atoms with Crippen molar-refractivity contribution in [2.24, 2.45) is 0 Å². The maximum absolute atomic E-state index is 14.5. The SMILES string of the molecule is O=C1N(Cc2ccccc2)c2ccccc2[C@]12[C@H](c1ccccc1)C=Cc1cccn12. The maximum atomic E-state index is 14.5. The molecule has 0 fully saturated rings. The summed E-state index contributed by atoms with van der Waals surface area (Å²) in [6.07, 6.45) is 6.39. The Morgan fingerprint density at radius 3 is 2.29 bits per heavy atom. The van der Waals surface area contributed by atoms with E-state index in [1.807, 2.05) is 47.4 Å². The van der Waals surface area contributed by atoms with E-state index < -0.39 is 5.54 Å². The van der Waals surface area contributed by atoms with Crippen molar-refractivity contribution in [2.75, 3.05) is 4.90 Å². The van der Waals surface area contributed by atoms with Gasteiger partial charge in [0.2, 0.25) is 0 Å². The normalized spacial score (nSPS) is 21.4. The van der Waals surface area contributed by atoms with Crippen LogP contribution in [0.1, 0.15) is 28.3 Å². The lowest BCUT2D eigenvalue weighted by Crippen LogP contribution is -2.50. The molecule has 1 aromatic heterocycles. The molecule has 4 aromatic rings. The van der Waals surface area contributed by atoms with Crippen molar-refractivity contribution in [1.29, 1.82) is 0 Å². The van der Waals surface area contributed by atoms with E-state index in [0.29, 0.717) is 6.54 Å². The number of aromatic nitrogens is 1. The number of nitrogens with zero attached hydrogens (tertiary/aromatic N) is 2. The summed E-state index contributed by atoms with van der Waals surface area (Å²) >= 11 is 0. The average Bonchev–Trinajstić information content (AvgIpc) is 3.40. The van der Waals surface area contributed by atoms with Gasteiger partial charge in [-0.25, -0.2) is 0 Å². The standard InChI is InChI=1S/C28H22N2O/c31-27-28(24(22-12-5-2-6-13-22)18-17-23-14-9-19-30(23)28)25-15-7-8-16-26(25)29(27)20-21-10-3-1-4-11-21/h1-19,24H,20H2/t24-,28+/m0/s1. The molecule has 0 saturated carbocycles. The first kappa shape index (κ1) is 18.0. The number of benzene rings is 3. The number of carbonyl (C=O) groups is 1. The molecule has 3 heteroatoms. The van der Waals surface area contributed by atoms with Crippen LogP contribution in [-0.4, -0.2) is 10.5 Å². The van der Waals surface area contributed by atoms with E-state index in [2.05, 4.69) is 77.5 Å². The molecular weight excluding hydrogens is 380 g/mol. The fourth-order valence-corrected chi connectivity index (χ4v) is 5.27. The van der Waals surface area contributed by atoms with Gasteiger partial charge in [-0.3, -0.25) is 4.79 Å². The summed E-state index contributed by atoms with van der Waals surface area (Å²) in [5, 5.41) is 0. The van der Waals surface area contributed by atoms with Crippen molar-refractivity contribution >= 4 is 17.7 Å². The summed E-state index contributed by atoms with van der Waals surface area (Å²) in [7, 11) is 0. The first-order valence-electron chi connectivity index (χ1n) is 10.7. The molecule has 2 atom stereocenters. The summed E-state index contributed by atoms with van der Waals surface area (Å²) in [4.78, 5) is 16.4. The average molecular weight is 402 g/mol. The van der Waals surface area contributed by atoms with E-state index in [1.165, 1.54) is 0 Å². The molecule has 0 aliphatic carbocycles. The first-order chi connectivity index (χ1) is 15.3. The van der Waals surface area contributed by atoms with Crippen LogP contribution in [0.3, 0.4) is 0 Å². The molecule has 0 bridgehead atoms. The van der Waals surface area contributed by atoms with Crippen LogP contribution in [0.15, 0.2) is 109 Å². The predicted octanol–water partition coefficient (Wildman–Crippen LogP) is 5.59. The monoisotopic (exact) mass is 402 g/mol. The Kier molecular flexibility index (Phi) is 3.97. The van der Waals surface area contributed by atoms with Gasteiger partial charge in [0.05, 0.1) is 12.2 Å². The quantitative estimate of drug-likeness (QED) is 0.439. The fraction of sp³-hybridized carbons (Fsp3) is 0.107. The Labute approximate surface area is 181 Å². The Morgan fingerprint density at radius 1 is 0.774 bits per heavy atom. The molecule has 0 saturated heterocycles. The lowest BCUT2D eigenvalue weighted by Gasteiger charge is -2.40. The molecule has 150 valence electrons. The zero-order valence-corrected chi connectivity index (χ0v) is 17.1. The van der Waals surface area contributed by atoms with E-state index >= 15 is 0 Å². The van der Waals surface area contributed by atoms with Gasteiger partial charge in [-0.05, 0) is 35.4 Å². The van der Waals surface area contributed by atoms with Gasteiger partial charge in [-0.2, -0.15) is 0 Å². The van der Waals surface area contributed by atoms with E-state index in [-0.39, 0.29) is 11.8 Å². The van der Waals surface area contributed by atoms with Crippen LogP contribution >= 0.6 is 0 Å². The molecule has 3 aromatic carbocycles. The molecule has 3 heterocycles. The summed E-state index contributed by atoms with van der Waals surface area (Å²) < 4.78 is 2.18. The highest BCUT2D eigenvalue weighted by Crippen LogP contribution is 2.54. The molecular formula is C28H22N2O. The highest BCUT2D eigenvalue weighted by Gasteiger charge is 2.57. The first-order valence-corrected chi connectivity index (χ1v) is 10.7. The second kappa shape index (κ2) is 6.85. The number of para-hydroxylation sites is 1. The van der Waals surface area contributed by atoms with Crippen molar-refractivity contribution in [1.82, 2.24) is 4.57 Å². The zero-order chi connectivity index (χ0) is 20.8. The highest BCUT2D eigenvalue weighted by atomic mass is 16.2. The maximum Gasteiger partial charge on any atom is 0.259 e. The second-order valence-corrected chi connectivity index (χ2v) is 8.21. The number of hydrogen-bond donors (Lipinski definition) is 0. The topological polar surface area (TPSA) is 25.2 Å². The summed E-state index contributed by atoms with van der Waals surface area (Å²) in [6, 6.07) is 33.0. The number of rotatable bonds is 3. The summed E-state index contributed by atoms with van der Waals surface area (Å²) in [6.45, 7) is 0.556. The molecule has 1 spiro atoms. The summed E-state index contributed by atoms with van der Waals surface area (Å²) in [5.74, 6) is 0.0243. The summed E-state index contributed by atoms with van der Waals surface area (Å²) in [5.41, 5.74) is 4.54. The smallest absolute Gasteiger partial charge is 0.259 e. The second-order valence-electron chi connectivity index (χ2n) is 8.21. The molecule has 3 nitrogen and oxygen atoms in total. The van der Waals surface area contributed by atoms with E-state index in [4.69, 9.17) is 0 Å². The minimum atomic E-state index is -0.833. The molecule has 0 unspecified atom stereocenters. The number of allylic oxidation sites excluding steroid dienone is 1. The number of hydrogen-bond acceptors (Lipinski definition) is 1. The zero-order valence-electron chi connectivity index (χ0n) is 17.1. The van der Waals surface area contributed by atoms with Crippen LogP contribution in [-0.2, 0) is 16.9 Å². The van der Waals surface area contributed by atoms with Crippen molar-refractivity contribution < 1.29 is 4.79 Å². The minimum absolute atomic E-state index is 0.0944. The Hall–Kier alpha value is -3.85. The molecule has 2 aliphatic rings. The van der Waals surface area contributed by atoms with Crippen molar-refractivity contribution in [3.8, 4) is 0 Å². The Balaban J connectivity index is 1.60. The van der Waals surface area contributed by atoms with Crippen LogP contribution in [0.25, 0.3) is 6.08 Å². The van der Waals surface area contributed by atoms with Gasteiger partial charge in [-0.15, -0.1) is 0 Å². The lowest BCUT2D eigenvalue weighted by atomic mass is 9.73. The van der Waals surface area contributed by atoms with Gasteiger partial charge < -0.3 is 9.47 Å². The third kappa shape index (κ3) is 2.50. The fourth-order valence-electron chi connectivity index (χ4n) is 5.27. The van der Waals surface area contributed by atoms with Gasteiger partial charge in [-0.1, -0.05) is 84.9 Å². The van der Waals surface area contributed by atoms with E-state index in [9.17, 15) is 4.79 Å². The van der Waals surface area contributed by atoms with Gasteiger partial charge >= 0.3 is 0 Å². The molecule has 0 N–H and O–H groups in total. The van der Waals surface area contributed by atoms with Gasteiger partial charge in [0.25, 0.3) is 5.91 Å². The molecule has 31 heavy (non-hydrogen) atoms. The Bertz CT molecular complexity index is 1290. The van der Waals surface area contributed by atoms with Crippen LogP contribution < -0.4 is 4.90 Å². The van der Waals surface area contributed by atoms with E-state index in [1.54, 1.807) is 0 Å². The minimum Gasteiger partial charge on any atom is -0.328 e. The van der Waals surface area contributed by atoms with Crippen LogP contribution in [0.2, 0.25) is 0 Å². The lowest BCUT2D eigenvalue weighted by molar-refractivity contribution is -0.125. The van der Waals surface area contributed by atoms with Gasteiger partial charge in [0.15, 0.2) is 5.54 Å². The number of anilines is 1. The van der Waals surface area contributed by atoms with Crippen LogP contribution in [0.5, 0.6) is 0 Å². The molecule has 1 amide bonds. The predicted molar refractivity (Wildman–Crippen MR) is 124 cm³/mol. The van der Waals surface area contributed by atoms with Gasteiger partial charge in [0.1, 0.15) is 0 Å². The Morgan fingerprint density at radius 2 is 1.48 bits per heavy atom. The van der Waals surface area contributed by atoms with Crippen molar-refractivity contribution in [3.63, 3.8) is 0 Å².